The predicted octanol–water partition coefficient (Wildman–Crippen LogP) is 3.66. The summed E-state index contributed by atoms with van der Waals surface area (Å²) in [5.41, 5.74) is -0.291. The monoisotopic (exact) mass is 367 g/mol. The van der Waals surface area contributed by atoms with E-state index in [2.05, 4.69) is 15.3 Å². The van der Waals surface area contributed by atoms with Gasteiger partial charge in [0.25, 0.3) is 0 Å². The highest BCUT2D eigenvalue weighted by atomic mass is 19.4. The maximum absolute atomic E-state index is 12.9. The molecule has 1 fully saturated rings. The smallest absolute Gasteiger partial charge is 0.433 e. The quantitative estimate of drug-likeness (QED) is 0.874. The Hall–Kier alpha value is -2.35. The van der Waals surface area contributed by atoms with E-state index in [1.807, 2.05) is 24.3 Å². The number of ether oxygens (including phenoxy) is 2. The first-order chi connectivity index (χ1) is 12.4. The second-order valence-electron chi connectivity index (χ2n) is 6.21. The molecule has 0 radical (unpaired) electrons. The topological polar surface area (TPSA) is 56.3 Å². The molecule has 3 rings (SSSR count). The van der Waals surface area contributed by atoms with Gasteiger partial charge >= 0.3 is 6.18 Å². The Morgan fingerprint density at radius 2 is 1.92 bits per heavy atom. The molecule has 2 heterocycles. The Morgan fingerprint density at radius 3 is 2.62 bits per heavy atom. The molecular formula is C18H20F3N3O2. The normalized spacial score (nSPS) is 16.9. The molecule has 140 valence electrons. The number of alkyl halides is 3. The van der Waals surface area contributed by atoms with Crippen LogP contribution in [0, 0.1) is 0 Å². The fourth-order valence-electron chi connectivity index (χ4n) is 3.24. The van der Waals surface area contributed by atoms with Gasteiger partial charge in [-0.25, -0.2) is 9.97 Å². The van der Waals surface area contributed by atoms with Crippen LogP contribution in [0.25, 0.3) is 0 Å². The molecule has 1 aromatic carbocycles. The highest BCUT2D eigenvalue weighted by Crippen LogP contribution is 2.40. The first kappa shape index (κ1) is 18.4. The molecule has 0 amide bonds. The Labute approximate surface area is 149 Å². The predicted molar refractivity (Wildman–Crippen MR) is 90.2 cm³/mol. The van der Waals surface area contributed by atoms with Crippen molar-refractivity contribution in [1.82, 2.24) is 9.97 Å². The molecule has 2 aromatic rings. The summed E-state index contributed by atoms with van der Waals surface area (Å²) in [6.07, 6.45) is -1.95. The third-order valence-electron chi connectivity index (χ3n) is 4.66. The lowest BCUT2D eigenvalue weighted by molar-refractivity contribution is -0.141. The van der Waals surface area contributed by atoms with Crippen LogP contribution in [0.15, 0.2) is 36.5 Å². The molecule has 0 bridgehead atoms. The Kier molecular flexibility index (Phi) is 5.31. The number of hydrogen-bond acceptors (Lipinski definition) is 5. The van der Waals surface area contributed by atoms with Crippen molar-refractivity contribution in [2.24, 2.45) is 0 Å². The van der Waals surface area contributed by atoms with Gasteiger partial charge in [0.1, 0.15) is 11.4 Å². The fraction of sp³-hybridized carbons (Fsp3) is 0.444. The van der Waals surface area contributed by atoms with E-state index in [0.29, 0.717) is 19.8 Å². The van der Waals surface area contributed by atoms with Crippen LogP contribution in [0.2, 0.25) is 0 Å². The van der Waals surface area contributed by atoms with Crippen LogP contribution in [-0.2, 0) is 16.3 Å². The van der Waals surface area contributed by atoms with Crippen molar-refractivity contribution >= 4 is 5.95 Å². The van der Waals surface area contributed by atoms with Crippen LogP contribution in [0.3, 0.4) is 0 Å². The number of para-hydroxylation sites is 1. The number of nitrogens with zero attached hydrogens (tertiary/aromatic N) is 2. The van der Waals surface area contributed by atoms with Crippen LogP contribution < -0.4 is 10.1 Å². The lowest BCUT2D eigenvalue weighted by atomic mass is 9.73. The first-order valence-corrected chi connectivity index (χ1v) is 8.30. The molecule has 1 aromatic heterocycles. The fourth-order valence-corrected chi connectivity index (χ4v) is 3.24. The number of rotatable bonds is 5. The zero-order valence-corrected chi connectivity index (χ0v) is 14.3. The Bertz CT molecular complexity index is 746. The van der Waals surface area contributed by atoms with Crippen molar-refractivity contribution < 1.29 is 22.6 Å². The molecule has 0 saturated carbocycles. The Morgan fingerprint density at radius 1 is 1.19 bits per heavy atom. The summed E-state index contributed by atoms with van der Waals surface area (Å²) in [5.74, 6) is 0.710. The summed E-state index contributed by atoms with van der Waals surface area (Å²) < 4.78 is 49.5. The maximum Gasteiger partial charge on any atom is 0.433 e. The molecule has 1 saturated heterocycles. The van der Waals surface area contributed by atoms with E-state index in [4.69, 9.17) is 9.47 Å². The van der Waals surface area contributed by atoms with Gasteiger partial charge in [-0.3, -0.25) is 0 Å². The van der Waals surface area contributed by atoms with E-state index < -0.39 is 11.9 Å². The van der Waals surface area contributed by atoms with Crippen LogP contribution >= 0.6 is 0 Å². The van der Waals surface area contributed by atoms with Gasteiger partial charge in [-0.05, 0) is 25.0 Å². The van der Waals surface area contributed by atoms with Crippen LogP contribution in [0.4, 0.5) is 19.1 Å². The number of hydrogen-bond donors (Lipinski definition) is 1. The number of aromatic nitrogens is 2. The minimum Gasteiger partial charge on any atom is -0.496 e. The van der Waals surface area contributed by atoms with Crippen LogP contribution in [-0.4, -0.2) is 36.8 Å². The molecule has 0 atom stereocenters. The van der Waals surface area contributed by atoms with Crippen LogP contribution in [0.1, 0.15) is 24.1 Å². The first-order valence-electron chi connectivity index (χ1n) is 8.30. The summed E-state index contributed by atoms with van der Waals surface area (Å²) >= 11 is 0. The van der Waals surface area contributed by atoms with Gasteiger partial charge < -0.3 is 14.8 Å². The summed E-state index contributed by atoms with van der Waals surface area (Å²) in [6, 6.07) is 8.54. The van der Waals surface area contributed by atoms with Crippen molar-refractivity contribution in [1.29, 1.82) is 0 Å². The summed E-state index contributed by atoms with van der Waals surface area (Å²) in [5, 5.41) is 2.98. The summed E-state index contributed by atoms with van der Waals surface area (Å²) in [4.78, 5) is 7.51. The molecular weight excluding hydrogens is 347 g/mol. The molecule has 1 aliphatic rings. The largest absolute Gasteiger partial charge is 0.496 e. The van der Waals surface area contributed by atoms with Gasteiger partial charge in [0, 0.05) is 36.9 Å². The number of anilines is 1. The van der Waals surface area contributed by atoms with Crippen molar-refractivity contribution in [3.63, 3.8) is 0 Å². The number of halogens is 3. The third kappa shape index (κ3) is 3.90. The average Bonchev–Trinajstić information content (AvgIpc) is 2.67. The lowest BCUT2D eigenvalue weighted by Crippen LogP contribution is -2.40. The lowest BCUT2D eigenvalue weighted by Gasteiger charge is -2.38. The van der Waals surface area contributed by atoms with Gasteiger partial charge in [-0.15, -0.1) is 0 Å². The zero-order valence-electron chi connectivity index (χ0n) is 14.3. The van der Waals surface area contributed by atoms with E-state index >= 15 is 0 Å². The van der Waals surface area contributed by atoms with E-state index in [-0.39, 0.29) is 11.4 Å². The average molecular weight is 367 g/mol. The number of benzene rings is 1. The molecule has 0 aliphatic carbocycles. The molecule has 8 heteroatoms. The SMILES string of the molecule is COc1ccccc1C1(CNc2nccc(C(F)(F)F)n2)CCOCC1. The highest BCUT2D eigenvalue weighted by molar-refractivity contribution is 5.42. The van der Waals surface area contributed by atoms with Crippen molar-refractivity contribution in [3.05, 3.63) is 47.8 Å². The van der Waals surface area contributed by atoms with Gasteiger partial charge in [-0.2, -0.15) is 13.2 Å². The zero-order chi connectivity index (χ0) is 18.6. The van der Waals surface area contributed by atoms with Crippen molar-refractivity contribution in [2.75, 3.05) is 32.2 Å². The molecule has 1 aliphatic heterocycles. The number of nitrogens with one attached hydrogen (secondary N) is 1. The van der Waals surface area contributed by atoms with Gasteiger partial charge in [0.15, 0.2) is 0 Å². The van der Waals surface area contributed by atoms with Crippen molar-refractivity contribution in [2.45, 2.75) is 24.4 Å². The van der Waals surface area contributed by atoms with Gasteiger partial charge in [-0.1, -0.05) is 18.2 Å². The maximum atomic E-state index is 12.9. The van der Waals surface area contributed by atoms with Gasteiger partial charge in [0.05, 0.1) is 7.11 Å². The number of methoxy groups -OCH3 is 1. The summed E-state index contributed by atoms with van der Waals surface area (Å²) in [7, 11) is 1.61. The standard InChI is InChI=1S/C18H20F3N3O2/c1-25-14-5-3-2-4-13(14)17(7-10-26-11-8-17)12-23-16-22-9-6-15(24-16)18(19,20)21/h2-6,9H,7-8,10-12H2,1H3,(H,22,23,24). The second kappa shape index (κ2) is 7.49. The van der Waals surface area contributed by atoms with Crippen molar-refractivity contribution in [3.8, 4) is 5.75 Å². The van der Waals surface area contributed by atoms with E-state index in [1.54, 1.807) is 7.11 Å². The minimum atomic E-state index is -4.50. The van der Waals surface area contributed by atoms with E-state index in [9.17, 15) is 13.2 Å². The molecule has 0 unspecified atom stereocenters. The second-order valence-corrected chi connectivity index (χ2v) is 6.21. The van der Waals surface area contributed by atoms with Gasteiger partial charge in [0.2, 0.25) is 5.95 Å². The third-order valence-corrected chi connectivity index (χ3v) is 4.66. The van der Waals surface area contributed by atoms with Crippen LogP contribution in [0.5, 0.6) is 5.75 Å². The molecule has 0 spiro atoms. The highest BCUT2D eigenvalue weighted by Gasteiger charge is 2.37. The molecule has 5 nitrogen and oxygen atoms in total. The van der Waals surface area contributed by atoms with E-state index in [1.165, 1.54) is 0 Å². The molecule has 26 heavy (non-hydrogen) atoms. The minimum absolute atomic E-state index is 0.0411. The van der Waals surface area contributed by atoms with E-state index in [0.717, 1.165) is 36.4 Å². The molecule has 1 N–H and O–H groups in total. The summed E-state index contributed by atoms with van der Waals surface area (Å²) in [6.45, 7) is 1.53. The Balaban J connectivity index is 1.86.